The molecule has 0 spiro atoms. The zero-order valence-corrected chi connectivity index (χ0v) is 12.3. The molecular weight excluding hydrogens is 290 g/mol. The van der Waals surface area contributed by atoms with Crippen LogP contribution in [0.15, 0.2) is 47.6 Å². The van der Waals surface area contributed by atoms with Gasteiger partial charge in [0.25, 0.3) is 0 Å². The van der Waals surface area contributed by atoms with Crippen molar-refractivity contribution in [2.45, 2.75) is 6.54 Å². The average Bonchev–Trinajstić information content (AvgIpc) is 2.53. The number of nitrogens with two attached hydrogens (primary N) is 1. The molecule has 0 aromatic heterocycles. The van der Waals surface area contributed by atoms with Gasteiger partial charge in [-0.2, -0.15) is 0 Å². The number of halogens is 1. The molecule has 0 unspecified atom stereocenters. The number of hydrogen-bond acceptors (Lipinski definition) is 4. The predicted octanol–water partition coefficient (Wildman–Crippen LogP) is 3.06. The van der Waals surface area contributed by atoms with Gasteiger partial charge >= 0.3 is 0 Å². The first-order valence-corrected chi connectivity index (χ1v) is 6.66. The van der Waals surface area contributed by atoms with Crippen LogP contribution in [0.4, 0.5) is 5.69 Å². The van der Waals surface area contributed by atoms with Crippen LogP contribution >= 0.6 is 11.6 Å². The van der Waals surface area contributed by atoms with Crippen molar-refractivity contribution in [2.75, 3.05) is 12.4 Å². The fourth-order valence-electron chi connectivity index (χ4n) is 1.92. The van der Waals surface area contributed by atoms with E-state index in [0.717, 1.165) is 11.3 Å². The van der Waals surface area contributed by atoms with Gasteiger partial charge in [0.2, 0.25) is 0 Å². The second kappa shape index (κ2) is 6.85. The molecule has 21 heavy (non-hydrogen) atoms. The number of amidine groups is 1. The van der Waals surface area contributed by atoms with E-state index in [1.165, 1.54) is 7.11 Å². The number of methoxy groups -OCH3 is 1. The Morgan fingerprint density at radius 3 is 2.76 bits per heavy atom. The Morgan fingerprint density at radius 1 is 1.33 bits per heavy atom. The van der Waals surface area contributed by atoms with Gasteiger partial charge in [-0.3, -0.25) is 0 Å². The molecule has 6 heteroatoms. The van der Waals surface area contributed by atoms with Gasteiger partial charge in [0.05, 0.1) is 23.4 Å². The van der Waals surface area contributed by atoms with Gasteiger partial charge in [-0.15, -0.1) is 0 Å². The molecule has 0 bridgehead atoms. The van der Waals surface area contributed by atoms with Crippen molar-refractivity contribution >= 4 is 23.1 Å². The first kappa shape index (κ1) is 15.0. The number of rotatable bonds is 5. The van der Waals surface area contributed by atoms with Crippen LogP contribution in [0.1, 0.15) is 11.1 Å². The lowest BCUT2D eigenvalue weighted by atomic mass is 10.1. The minimum atomic E-state index is 0.00597. The number of anilines is 1. The molecule has 0 amide bonds. The van der Waals surface area contributed by atoms with E-state index in [1.807, 2.05) is 30.3 Å². The summed E-state index contributed by atoms with van der Waals surface area (Å²) in [6, 6.07) is 13.0. The fraction of sp³-hybridized carbons (Fsp3) is 0.133. The van der Waals surface area contributed by atoms with Gasteiger partial charge in [-0.25, -0.2) is 0 Å². The fourth-order valence-corrected chi connectivity index (χ4v) is 2.12. The third-order valence-corrected chi connectivity index (χ3v) is 3.33. The normalized spacial score (nSPS) is 11.2. The van der Waals surface area contributed by atoms with Crippen molar-refractivity contribution in [3.05, 3.63) is 58.6 Å². The van der Waals surface area contributed by atoms with Crippen LogP contribution in [-0.2, 0) is 6.54 Å². The van der Waals surface area contributed by atoms with Gasteiger partial charge in [0, 0.05) is 6.54 Å². The molecule has 4 N–H and O–H groups in total. The second-order valence-corrected chi connectivity index (χ2v) is 4.76. The van der Waals surface area contributed by atoms with E-state index in [9.17, 15) is 0 Å². The summed E-state index contributed by atoms with van der Waals surface area (Å²) < 4.78 is 5.19. The van der Waals surface area contributed by atoms with E-state index < -0.39 is 0 Å². The molecule has 0 aliphatic heterocycles. The summed E-state index contributed by atoms with van der Waals surface area (Å²) in [4.78, 5) is 0. The van der Waals surface area contributed by atoms with Crippen LogP contribution in [0.3, 0.4) is 0 Å². The van der Waals surface area contributed by atoms with E-state index >= 15 is 0 Å². The summed E-state index contributed by atoms with van der Waals surface area (Å²) in [6.07, 6.45) is 0. The van der Waals surface area contributed by atoms with Crippen LogP contribution in [0.5, 0.6) is 5.75 Å². The number of hydrogen-bond donors (Lipinski definition) is 3. The highest BCUT2D eigenvalue weighted by molar-refractivity contribution is 6.33. The molecule has 0 fully saturated rings. The number of benzene rings is 2. The van der Waals surface area contributed by atoms with Crippen LogP contribution in [-0.4, -0.2) is 18.2 Å². The van der Waals surface area contributed by atoms with Crippen molar-refractivity contribution < 1.29 is 9.94 Å². The van der Waals surface area contributed by atoms with Gasteiger partial charge in [0.15, 0.2) is 5.84 Å². The minimum absolute atomic E-state index is 0.00597. The molecule has 0 aliphatic carbocycles. The molecule has 0 heterocycles. The summed E-state index contributed by atoms with van der Waals surface area (Å²) in [7, 11) is 1.53. The van der Waals surface area contributed by atoms with Gasteiger partial charge in [-0.1, -0.05) is 35.0 Å². The van der Waals surface area contributed by atoms with Crippen molar-refractivity contribution in [1.29, 1.82) is 0 Å². The maximum absolute atomic E-state index is 8.82. The van der Waals surface area contributed by atoms with Crippen molar-refractivity contribution in [1.82, 2.24) is 0 Å². The third kappa shape index (κ3) is 3.58. The highest BCUT2D eigenvalue weighted by Crippen LogP contribution is 2.23. The molecule has 0 radical (unpaired) electrons. The van der Waals surface area contributed by atoms with Crippen LogP contribution in [0.25, 0.3) is 0 Å². The summed E-state index contributed by atoms with van der Waals surface area (Å²) in [5.74, 6) is 0.554. The topological polar surface area (TPSA) is 79.9 Å². The van der Waals surface area contributed by atoms with Gasteiger partial charge < -0.3 is 21.0 Å². The first-order chi connectivity index (χ1) is 10.2. The highest BCUT2D eigenvalue weighted by Gasteiger charge is 2.09. The Balaban J connectivity index is 2.20. The molecule has 2 aromatic carbocycles. The Kier molecular flexibility index (Phi) is 4.90. The molecule has 0 saturated carbocycles. The van der Waals surface area contributed by atoms with E-state index in [2.05, 4.69) is 10.5 Å². The predicted molar refractivity (Wildman–Crippen MR) is 84.3 cm³/mol. The maximum Gasteiger partial charge on any atom is 0.173 e. The van der Waals surface area contributed by atoms with Crippen LogP contribution in [0.2, 0.25) is 5.02 Å². The molecule has 5 nitrogen and oxygen atoms in total. The van der Waals surface area contributed by atoms with Crippen molar-refractivity contribution in [2.24, 2.45) is 10.9 Å². The largest absolute Gasteiger partial charge is 0.496 e. The standard InChI is InChI=1S/C15H16ClN3O2/c1-21-14-7-6-10(8-11(14)15(17)19-20)9-18-13-5-3-2-4-12(13)16/h2-8,18,20H,9H2,1H3,(H2,17,19). The van der Waals surface area contributed by atoms with Gasteiger partial charge in [0.1, 0.15) is 5.75 Å². The Labute approximate surface area is 128 Å². The number of oxime groups is 1. The Hall–Kier alpha value is -2.40. The van der Waals surface area contributed by atoms with Crippen LogP contribution < -0.4 is 15.8 Å². The SMILES string of the molecule is COc1ccc(CNc2ccccc2Cl)cc1C(N)=NO. The molecule has 0 atom stereocenters. The summed E-state index contributed by atoms with van der Waals surface area (Å²) in [5.41, 5.74) is 7.99. The number of nitrogens with zero attached hydrogens (tertiary/aromatic N) is 1. The van der Waals surface area contributed by atoms with E-state index in [4.69, 9.17) is 27.3 Å². The third-order valence-electron chi connectivity index (χ3n) is 3.00. The smallest absolute Gasteiger partial charge is 0.173 e. The zero-order chi connectivity index (χ0) is 15.2. The molecule has 110 valence electrons. The maximum atomic E-state index is 8.82. The summed E-state index contributed by atoms with van der Waals surface area (Å²) in [5, 5.41) is 15.7. The van der Waals surface area contributed by atoms with Gasteiger partial charge in [-0.05, 0) is 29.8 Å². The lowest BCUT2D eigenvalue weighted by Gasteiger charge is -2.11. The van der Waals surface area contributed by atoms with Crippen molar-refractivity contribution in [3.63, 3.8) is 0 Å². The molecular formula is C15H16ClN3O2. The Morgan fingerprint density at radius 2 is 2.10 bits per heavy atom. The first-order valence-electron chi connectivity index (χ1n) is 6.29. The van der Waals surface area contributed by atoms with Crippen molar-refractivity contribution in [3.8, 4) is 5.75 Å². The molecule has 2 aromatic rings. The monoisotopic (exact) mass is 305 g/mol. The summed E-state index contributed by atoms with van der Waals surface area (Å²) in [6.45, 7) is 0.555. The zero-order valence-electron chi connectivity index (χ0n) is 11.5. The van der Waals surface area contributed by atoms with E-state index in [1.54, 1.807) is 12.1 Å². The molecule has 0 saturated heterocycles. The number of para-hydroxylation sites is 1. The molecule has 2 rings (SSSR count). The van der Waals surface area contributed by atoms with Crippen LogP contribution in [0, 0.1) is 0 Å². The lowest BCUT2D eigenvalue weighted by molar-refractivity contribution is 0.318. The average molecular weight is 306 g/mol. The quantitative estimate of drug-likeness (QED) is 0.343. The number of ether oxygens (including phenoxy) is 1. The van der Waals surface area contributed by atoms with E-state index in [0.29, 0.717) is 22.9 Å². The highest BCUT2D eigenvalue weighted by atomic mass is 35.5. The molecule has 0 aliphatic rings. The number of nitrogens with one attached hydrogen (secondary N) is 1. The second-order valence-electron chi connectivity index (χ2n) is 4.35. The minimum Gasteiger partial charge on any atom is -0.496 e. The lowest BCUT2D eigenvalue weighted by Crippen LogP contribution is -2.15. The Bertz CT molecular complexity index is 659. The summed E-state index contributed by atoms with van der Waals surface area (Å²) >= 11 is 6.09. The van der Waals surface area contributed by atoms with E-state index in [-0.39, 0.29) is 5.84 Å².